The Morgan fingerprint density at radius 1 is 0.875 bits per heavy atom. The average molecular weight is 727 g/mol. The van der Waals surface area contributed by atoms with Gasteiger partial charge in [0.15, 0.2) is 8.32 Å². The summed E-state index contributed by atoms with van der Waals surface area (Å²) in [6.45, 7) is 12.1. The Morgan fingerprint density at radius 2 is 1.46 bits per heavy atom. The van der Waals surface area contributed by atoms with Gasteiger partial charge in [-0.15, -0.1) is 0 Å². The minimum Gasteiger partial charge on any atom is -0.414 e. The molecule has 0 radical (unpaired) electrons. The van der Waals surface area contributed by atoms with Crippen molar-refractivity contribution in [2.75, 3.05) is 39.3 Å². The molecule has 5 rings (SSSR count). The Morgan fingerprint density at radius 3 is 2.00 bits per heavy atom. The average Bonchev–Trinajstić information content (AvgIpc) is 3.37. The molecule has 0 aromatic heterocycles. The minimum atomic E-state index is -4.25. The van der Waals surface area contributed by atoms with Crippen LogP contribution in [0.15, 0.2) is 36.4 Å². The van der Waals surface area contributed by atoms with Crippen molar-refractivity contribution in [3.05, 3.63) is 57.6 Å². The lowest BCUT2D eigenvalue weighted by Gasteiger charge is -2.42. The van der Waals surface area contributed by atoms with E-state index in [-0.39, 0.29) is 61.1 Å². The summed E-state index contributed by atoms with van der Waals surface area (Å²) in [5.41, 5.74) is 2.86. The van der Waals surface area contributed by atoms with Crippen LogP contribution in [0.25, 0.3) is 11.1 Å². The van der Waals surface area contributed by atoms with E-state index in [1.165, 1.54) is 4.90 Å². The molecule has 0 N–H and O–H groups in total. The highest BCUT2D eigenvalue weighted by Crippen LogP contribution is 2.41. The Kier molecular flexibility index (Phi) is 11.3. The molecule has 2 heterocycles. The molecule has 12 heteroatoms. The first-order chi connectivity index (χ1) is 22.4. The van der Waals surface area contributed by atoms with Gasteiger partial charge in [0, 0.05) is 66.4 Å². The fraction of sp³-hybridized carbons (Fsp3) is 0.611. The molecule has 1 aliphatic carbocycles. The van der Waals surface area contributed by atoms with Crippen LogP contribution >= 0.6 is 23.2 Å². The summed E-state index contributed by atoms with van der Waals surface area (Å²) >= 11 is 13.6. The van der Waals surface area contributed by atoms with Crippen LogP contribution in [0.5, 0.6) is 0 Å². The number of likely N-dealkylation sites (tertiary alicyclic amines) is 1. The second-order valence-electron chi connectivity index (χ2n) is 15.2. The number of hydrogen-bond donors (Lipinski definition) is 0. The molecule has 2 saturated heterocycles. The van der Waals surface area contributed by atoms with Gasteiger partial charge in [-0.3, -0.25) is 14.5 Å². The molecule has 2 aromatic rings. The SMILES string of the molecule is CC(C)(C)[Si](C)(C)O[C@H]1CC[C@@H](N2CC[C@@H](Cc3c(Cl)cc(-c4ccc(C(=O)N5CCN(CC(F)(F)F)CC5)cc4)cc3Cl)C2=O)CC1. The largest absolute Gasteiger partial charge is 0.414 e. The van der Waals surface area contributed by atoms with Gasteiger partial charge in [0.05, 0.1) is 6.54 Å². The summed E-state index contributed by atoms with van der Waals surface area (Å²) in [6, 6.07) is 11.0. The topological polar surface area (TPSA) is 53.1 Å². The molecule has 264 valence electrons. The van der Waals surface area contributed by atoms with E-state index in [2.05, 4.69) is 38.8 Å². The first-order valence-electron chi connectivity index (χ1n) is 17.1. The molecule has 3 aliphatic rings. The number of nitrogens with zero attached hydrogens (tertiary/aromatic N) is 3. The number of halogens is 5. The van der Waals surface area contributed by atoms with Crippen molar-refractivity contribution in [1.29, 1.82) is 0 Å². The molecule has 0 unspecified atom stereocenters. The maximum atomic E-state index is 13.6. The van der Waals surface area contributed by atoms with Gasteiger partial charge in [0.2, 0.25) is 5.91 Å². The summed E-state index contributed by atoms with van der Waals surface area (Å²) in [5, 5.41) is 1.19. The van der Waals surface area contributed by atoms with Gasteiger partial charge in [-0.1, -0.05) is 56.1 Å². The number of benzene rings is 2. The highest BCUT2D eigenvalue weighted by Gasteiger charge is 2.42. The standard InChI is InChI=1S/C36H48Cl2F3N3O3Si/c1-35(2,3)48(4,5)47-29-12-10-28(11-13-29)44-15-14-26(34(44)46)20-30-31(37)21-27(22-32(30)38)24-6-8-25(9-7-24)33(45)43-18-16-42(17-19-43)23-36(39,40)41/h6-9,21-22,26,28-29H,10-20,23H2,1-5H3/t26-,28-,29+/m0/s1. The van der Waals surface area contributed by atoms with E-state index in [0.717, 1.165) is 55.3 Å². The van der Waals surface area contributed by atoms with Gasteiger partial charge >= 0.3 is 6.18 Å². The van der Waals surface area contributed by atoms with E-state index in [1.54, 1.807) is 17.0 Å². The molecular weight excluding hydrogens is 678 g/mol. The van der Waals surface area contributed by atoms with Crippen molar-refractivity contribution in [2.45, 2.75) is 95.8 Å². The Hall–Kier alpha value is -2.11. The fourth-order valence-electron chi connectivity index (χ4n) is 6.94. The van der Waals surface area contributed by atoms with Crippen LogP contribution in [0.3, 0.4) is 0 Å². The van der Waals surface area contributed by atoms with Gasteiger partial charge in [-0.2, -0.15) is 13.2 Å². The van der Waals surface area contributed by atoms with E-state index < -0.39 is 21.0 Å². The Balaban J connectivity index is 1.15. The lowest BCUT2D eigenvalue weighted by molar-refractivity contribution is -0.148. The molecule has 0 spiro atoms. The molecule has 3 fully saturated rings. The molecule has 48 heavy (non-hydrogen) atoms. The highest BCUT2D eigenvalue weighted by molar-refractivity contribution is 6.74. The number of rotatable bonds is 8. The van der Waals surface area contributed by atoms with Gasteiger partial charge in [0.25, 0.3) is 5.91 Å². The zero-order valence-corrected chi connectivity index (χ0v) is 31.1. The number of hydrogen-bond acceptors (Lipinski definition) is 4. The van der Waals surface area contributed by atoms with Gasteiger partial charge in [-0.25, -0.2) is 0 Å². The molecule has 1 saturated carbocycles. The van der Waals surface area contributed by atoms with Crippen LogP contribution in [0, 0.1) is 5.92 Å². The summed E-state index contributed by atoms with van der Waals surface area (Å²) in [4.78, 5) is 31.6. The van der Waals surface area contributed by atoms with E-state index in [0.29, 0.717) is 22.0 Å². The Bertz CT molecular complexity index is 1440. The molecule has 2 aromatic carbocycles. The second-order valence-corrected chi connectivity index (χ2v) is 20.8. The predicted molar refractivity (Wildman–Crippen MR) is 188 cm³/mol. The molecular formula is C36H48Cl2F3N3O3Si. The summed E-state index contributed by atoms with van der Waals surface area (Å²) in [6.07, 6.45) is 1.21. The van der Waals surface area contributed by atoms with Crippen molar-refractivity contribution >= 4 is 43.3 Å². The van der Waals surface area contributed by atoms with Crippen LogP contribution in [0.4, 0.5) is 13.2 Å². The van der Waals surface area contributed by atoms with E-state index in [9.17, 15) is 22.8 Å². The van der Waals surface area contributed by atoms with Crippen molar-refractivity contribution in [2.24, 2.45) is 5.92 Å². The van der Waals surface area contributed by atoms with Gasteiger partial charge in [0.1, 0.15) is 0 Å². The number of carbonyl (C=O) groups excluding carboxylic acids is 2. The summed E-state index contributed by atoms with van der Waals surface area (Å²) in [7, 11) is -1.82. The highest BCUT2D eigenvalue weighted by atomic mass is 35.5. The van der Waals surface area contributed by atoms with Crippen molar-refractivity contribution in [1.82, 2.24) is 14.7 Å². The fourth-order valence-corrected chi connectivity index (χ4v) is 9.01. The normalized spacial score (nSPS) is 23.2. The predicted octanol–water partition coefficient (Wildman–Crippen LogP) is 8.70. The third kappa shape index (κ3) is 8.78. The summed E-state index contributed by atoms with van der Waals surface area (Å²) < 4.78 is 44.8. The zero-order valence-electron chi connectivity index (χ0n) is 28.6. The minimum absolute atomic E-state index is 0.160. The molecule has 1 atom stereocenters. The lowest BCUT2D eigenvalue weighted by Crippen LogP contribution is -2.50. The molecule has 6 nitrogen and oxygen atoms in total. The number of amides is 2. The molecule has 2 amide bonds. The van der Waals surface area contributed by atoms with E-state index in [1.807, 2.05) is 24.3 Å². The first-order valence-corrected chi connectivity index (χ1v) is 20.7. The number of piperazine rings is 1. The van der Waals surface area contributed by atoms with Crippen molar-refractivity contribution in [3.8, 4) is 11.1 Å². The number of carbonyl (C=O) groups is 2. The quantitative estimate of drug-likeness (QED) is 0.256. The third-order valence-corrected chi connectivity index (χ3v) is 16.0. The lowest BCUT2D eigenvalue weighted by atomic mass is 9.92. The molecule has 0 bridgehead atoms. The first kappa shape index (κ1) is 37.1. The van der Waals surface area contributed by atoms with E-state index >= 15 is 0 Å². The van der Waals surface area contributed by atoms with Crippen LogP contribution in [-0.4, -0.2) is 92.4 Å². The Labute approximate surface area is 294 Å². The van der Waals surface area contributed by atoms with Crippen molar-refractivity contribution in [3.63, 3.8) is 0 Å². The van der Waals surface area contributed by atoms with Crippen LogP contribution in [0.1, 0.15) is 68.8 Å². The third-order valence-electron chi connectivity index (χ3n) is 10.8. The monoisotopic (exact) mass is 725 g/mol. The summed E-state index contributed by atoms with van der Waals surface area (Å²) in [5.74, 6) is -0.183. The van der Waals surface area contributed by atoms with Crippen LogP contribution < -0.4 is 0 Å². The maximum absolute atomic E-state index is 13.6. The van der Waals surface area contributed by atoms with Gasteiger partial charge < -0.3 is 14.2 Å². The number of alkyl halides is 3. The van der Waals surface area contributed by atoms with Crippen LogP contribution in [0.2, 0.25) is 28.2 Å². The second kappa shape index (κ2) is 14.6. The maximum Gasteiger partial charge on any atom is 0.401 e. The molecule has 2 aliphatic heterocycles. The van der Waals surface area contributed by atoms with Gasteiger partial charge in [-0.05, 0) is 97.6 Å². The smallest absolute Gasteiger partial charge is 0.401 e. The van der Waals surface area contributed by atoms with Crippen LogP contribution in [-0.2, 0) is 15.6 Å². The van der Waals surface area contributed by atoms with E-state index in [4.69, 9.17) is 27.6 Å². The van der Waals surface area contributed by atoms with Crippen molar-refractivity contribution < 1.29 is 27.2 Å². The zero-order chi connectivity index (χ0) is 35.0.